The number of hydrogen-bond donors (Lipinski definition) is 1. The first-order valence-electron chi connectivity index (χ1n) is 6.37. The Balaban J connectivity index is 2.23. The van der Waals surface area contributed by atoms with Crippen LogP contribution < -0.4 is 5.32 Å². The maximum atomic E-state index is 3.60. The van der Waals surface area contributed by atoms with Gasteiger partial charge < -0.3 is 5.32 Å². The van der Waals surface area contributed by atoms with Gasteiger partial charge in [0.25, 0.3) is 0 Å². The second-order valence-electron chi connectivity index (χ2n) is 4.68. The lowest BCUT2D eigenvalue weighted by Gasteiger charge is -2.19. The number of halogens is 2. The summed E-state index contributed by atoms with van der Waals surface area (Å²) >= 11 is 7.08. The van der Waals surface area contributed by atoms with Crippen LogP contribution in [0.1, 0.15) is 30.5 Å². The minimum atomic E-state index is 0.325. The molecule has 2 aromatic rings. The molecule has 0 fully saturated rings. The standard InChI is InChI=1S/C16H17Br2N/c1-3-16(12-5-4-6-13(17)9-12)19-15-8-11(2)7-14(18)10-15/h4-10,16,19H,3H2,1-2H3. The van der Waals surface area contributed by atoms with Crippen LogP contribution in [0, 0.1) is 6.92 Å². The summed E-state index contributed by atoms with van der Waals surface area (Å²) in [6.07, 6.45) is 1.04. The van der Waals surface area contributed by atoms with Crippen molar-refractivity contribution in [2.24, 2.45) is 0 Å². The Morgan fingerprint density at radius 2 is 1.84 bits per heavy atom. The van der Waals surface area contributed by atoms with E-state index in [4.69, 9.17) is 0 Å². The Hall–Kier alpha value is -0.800. The first-order chi connectivity index (χ1) is 9.08. The zero-order valence-electron chi connectivity index (χ0n) is 11.1. The van der Waals surface area contributed by atoms with Crippen LogP contribution >= 0.6 is 31.9 Å². The fraction of sp³-hybridized carbons (Fsp3) is 0.250. The SMILES string of the molecule is CCC(Nc1cc(C)cc(Br)c1)c1cccc(Br)c1. The molecule has 1 nitrogen and oxygen atoms in total. The van der Waals surface area contributed by atoms with E-state index in [1.54, 1.807) is 0 Å². The minimum absolute atomic E-state index is 0.325. The number of rotatable bonds is 4. The van der Waals surface area contributed by atoms with E-state index in [0.29, 0.717) is 6.04 Å². The second kappa shape index (κ2) is 6.58. The summed E-state index contributed by atoms with van der Waals surface area (Å²) in [5.74, 6) is 0. The van der Waals surface area contributed by atoms with E-state index in [1.165, 1.54) is 11.1 Å². The summed E-state index contributed by atoms with van der Waals surface area (Å²) in [6.45, 7) is 4.30. The van der Waals surface area contributed by atoms with Gasteiger partial charge in [0, 0.05) is 14.6 Å². The van der Waals surface area contributed by atoms with E-state index in [-0.39, 0.29) is 0 Å². The molecular weight excluding hydrogens is 366 g/mol. The molecule has 0 saturated heterocycles. The highest BCUT2D eigenvalue weighted by molar-refractivity contribution is 9.10. The molecular formula is C16H17Br2N. The highest BCUT2D eigenvalue weighted by atomic mass is 79.9. The van der Waals surface area contributed by atoms with Gasteiger partial charge in [0.2, 0.25) is 0 Å². The van der Waals surface area contributed by atoms with E-state index >= 15 is 0 Å². The maximum Gasteiger partial charge on any atom is 0.0511 e. The van der Waals surface area contributed by atoms with Crippen molar-refractivity contribution in [2.75, 3.05) is 5.32 Å². The van der Waals surface area contributed by atoms with Crippen LogP contribution in [0.15, 0.2) is 51.4 Å². The lowest BCUT2D eigenvalue weighted by atomic mass is 10.0. The van der Waals surface area contributed by atoms with Gasteiger partial charge in [-0.2, -0.15) is 0 Å². The van der Waals surface area contributed by atoms with Crippen LogP contribution in [0.25, 0.3) is 0 Å². The van der Waals surface area contributed by atoms with Gasteiger partial charge in [0.05, 0.1) is 6.04 Å². The van der Waals surface area contributed by atoms with Gasteiger partial charge in [0.1, 0.15) is 0 Å². The zero-order valence-corrected chi connectivity index (χ0v) is 14.3. The van der Waals surface area contributed by atoms with Crippen LogP contribution in [-0.4, -0.2) is 0 Å². The van der Waals surface area contributed by atoms with Gasteiger partial charge in [-0.25, -0.2) is 0 Å². The van der Waals surface area contributed by atoms with Crippen LogP contribution in [0.3, 0.4) is 0 Å². The monoisotopic (exact) mass is 381 g/mol. The molecule has 0 amide bonds. The third-order valence-corrected chi connectivity index (χ3v) is 3.99. The van der Waals surface area contributed by atoms with Gasteiger partial charge >= 0.3 is 0 Å². The van der Waals surface area contributed by atoms with Gasteiger partial charge in [-0.05, 0) is 54.8 Å². The van der Waals surface area contributed by atoms with Gasteiger partial charge in [-0.1, -0.05) is 50.9 Å². The van der Waals surface area contributed by atoms with Crippen molar-refractivity contribution in [1.82, 2.24) is 0 Å². The van der Waals surface area contributed by atoms with Crippen LogP contribution in [0.4, 0.5) is 5.69 Å². The molecule has 1 atom stereocenters. The second-order valence-corrected chi connectivity index (χ2v) is 6.51. The molecule has 19 heavy (non-hydrogen) atoms. The quantitative estimate of drug-likeness (QED) is 0.675. The Labute approximate surface area is 131 Å². The number of aryl methyl sites for hydroxylation is 1. The van der Waals surface area contributed by atoms with Crippen molar-refractivity contribution in [3.05, 3.63) is 62.5 Å². The molecule has 0 saturated carbocycles. The molecule has 0 spiro atoms. The normalized spacial score (nSPS) is 12.2. The molecule has 2 rings (SSSR count). The fourth-order valence-corrected chi connectivity index (χ4v) is 3.19. The summed E-state index contributed by atoms with van der Waals surface area (Å²) < 4.78 is 2.23. The Morgan fingerprint density at radius 3 is 2.47 bits per heavy atom. The van der Waals surface area contributed by atoms with Crippen molar-refractivity contribution in [2.45, 2.75) is 26.3 Å². The van der Waals surface area contributed by atoms with E-state index in [2.05, 4.69) is 93.5 Å². The lowest BCUT2D eigenvalue weighted by Crippen LogP contribution is -2.09. The Morgan fingerprint density at radius 1 is 1.05 bits per heavy atom. The number of nitrogens with one attached hydrogen (secondary N) is 1. The van der Waals surface area contributed by atoms with E-state index < -0.39 is 0 Å². The van der Waals surface area contributed by atoms with Crippen molar-refractivity contribution in [3.8, 4) is 0 Å². The van der Waals surface area contributed by atoms with E-state index in [0.717, 1.165) is 21.1 Å². The topological polar surface area (TPSA) is 12.0 Å². The molecule has 1 N–H and O–H groups in total. The van der Waals surface area contributed by atoms with Crippen molar-refractivity contribution in [1.29, 1.82) is 0 Å². The molecule has 0 heterocycles. The molecule has 100 valence electrons. The summed E-state index contributed by atoms with van der Waals surface area (Å²) in [4.78, 5) is 0. The molecule has 0 aliphatic rings. The third-order valence-electron chi connectivity index (χ3n) is 3.04. The molecule has 0 bridgehead atoms. The Kier molecular flexibility index (Phi) is 5.06. The van der Waals surface area contributed by atoms with Crippen LogP contribution in [-0.2, 0) is 0 Å². The highest BCUT2D eigenvalue weighted by Crippen LogP contribution is 2.27. The molecule has 1 unspecified atom stereocenters. The fourth-order valence-electron chi connectivity index (χ4n) is 2.17. The molecule has 3 heteroatoms. The van der Waals surface area contributed by atoms with Gasteiger partial charge in [-0.15, -0.1) is 0 Å². The average Bonchev–Trinajstić information content (AvgIpc) is 2.34. The minimum Gasteiger partial charge on any atom is -0.378 e. The van der Waals surface area contributed by atoms with E-state index in [9.17, 15) is 0 Å². The zero-order chi connectivity index (χ0) is 13.8. The first-order valence-corrected chi connectivity index (χ1v) is 7.96. The van der Waals surface area contributed by atoms with Crippen molar-refractivity contribution < 1.29 is 0 Å². The molecule has 0 radical (unpaired) electrons. The van der Waals surface area contributed by atoms with Gasteiger partial charge in [-0.3, -0.25) is 0 Å². The molecule has 2 aromatic carbocycles. The number of hydrogen-bond acceptors (Lipinski definition) is 1. The molecule has 0 aliphatic heterocycles. The van der Waals surface area contributed by atoms with Gasteiger partial charge in [0.15, 0.2) is 0 Å². The molecule has 0 aliphatic carbocycles. The third kappa shape index (κ3) is 4.08. The lowest BCUT2D eigenvalue weighted by molar-refractivity contribution is 0.749. The summed E-state index contributed by atoms with van der Waals surface area (Å²) in [6, 6.07) is 15.2. The summed E-state index contributed by atoms with van der Waals surface area (Å²) in [5, 5.41) is 3.60. The smallest absolute Gasteiger partial charge is 0.0511 e. The largest absolute Gasteiger partial charge is 0.378 e. The predicted octanol–water partition coefficient (Wildman–Crippen LogP) is 6.08. The Bertz CT molecular complexity index is 546. The van der Waals surface area contributed by atoms with Crippen molar-refractivity contribution in [3.63, 3.8) is 0 Å². The predicted molar refractivity (Wildman–Crippen MR) is 89.7 cm³/mol. The molecule has 0 aromatic heterocycles. The number of benzene rings is 2. The maximum absolute atomic E-state index is 3.60. The van der Waals surface area contributed by atoms with Crippen molar-refractivity contribution >= 4 is 37.5 Å². The summed E-state index contributed by atoms with van der Waals surface area (Å²) in [5.41, 5.74) is 3.70. The van der Waals surface area contributed by atoms with Crippen LogP contribution in [0.2, 0.25) is 0 Å². The first kappa shape index (κ1) is 14.6. The highest BCUT2D eigenvalue weighted by Gasteiger charge is 2.09. The van der Waals surface area contributed by atoms with Crippen LogP contribution in [0.5, 0.6) is 0 Å². The summed E-state index contributed by atoms with van der Waals surface area (Å²) in [7, 11) is 0. The number of anilines is 1. The average molecular weight is 383 g/mol. The van der Waals surface area contributed by atoms with E-state index in [1.807, 2.05) is 0 Å².